The molecular formula is C27H27F6N5O3. The van der Waals surface area contributed by atoms with E-state index in [1.54, 1.807) is 18.7 Å². The molecule has 2 aliphatic heterocycles. The van der Waals surface area contributed by atoms with Gasteiger partial charge in [0.05, 0.1) is 23.4 Å². The molecule has 0 amide bonds. The molecule has 2 aliphatic rings. The van der Waals surface area contributed by atoms with Gasteiger partial charge in [-0.2, -0.15) is 36.3 Å². The van der Waals surface area contributed by atoms with E-state index in [0.717, 1.165) is 18.2 Å². The van der Waals surface area contributed by atoms with E-state index in [1.165, 1.54) is 24.4 Å². The van der Waals surface area contributed by atoms with Crippen LogP contribution in [-0.2, 0) is 34.7 Å². The second-order valence-corrected chi connectivity index (χ2v) is 10.1. The molecular weight excluding hydrogens is 556 g/mol. The van der Waals surface area contributed by atoms with Crippen molar-refractivity contribution >= 4 is 17.3 Å². The van der Waals surface area contributed by atoms with Gasteiger partial charge < -0.3 is 24.4 Å². The molecule has 4 heterocycles. The zero-order valence-corrected chi connectivity index (χ0v) is 22.1. The first kappa shape index (κ1) is 28.9. The fourth-order valence-electron chi connectivity index (χ4n) is 4.72. The van der Waals surface area contributed by atoms with Crippen LogP contribution in [0.15, 0.2) is 42.6 Å². The van der Waals surface area contributed by atoms with Crippen molar-refractivity contribution in [1.29, 1.82) is 0 Å². The molecule has 1 fully saturated rings. The Kier molecular flexibility index (Phi) is 7.72. The van der Waals surface area contributed by atoms with Crippen molar-refractivity contribution in [2.45, 2.75) is 50.9 Å². The van der Waals surface area contributed by atoms with Crippen molar-refractivity contribution in [3.63, 3.8) is 0 Å². The SMILES string of the molecule is CC1(C)OC[C@@H](COc2nc3c(c(Nc4ccc(C(F)(F)F)cc4)n2)CCN(c2ncccc2C(F)(F)F)CC3)O1. The lowest BCUT2D eigenvalue weighted by molar-refractivity contribution is -0.141. The number of halogens is 6. The minimum absolute atomic E-state index is 0.00580. The molecule has 0 bridgehead atoms. The van der Waals surface area contributed by atoms with E-state index in [4.69, 9.17) is 14.2 Å². The predicted octanol–water partition coefficient (Wildman–Crippen LogP) is 5.79. The number of fused-ring (bicyclic) bond motifs is 1. The number of hydrogen-bond donors (Lipinski definition) is 1. The van der Waals surface area contributed by atoms with Crippen LogP contribution in [0.3, 0.4) is 0 Å². The summed E-state index contributed by atoms with van der Waals surface area (Å²) in [4.78, 5) is 14.5. The number of pyridine rings is 1. The quantitative estimate of drug-likeness (QED) is 0.366. The highest BCUT2D eigenvalue weighted by molar-refractivity contribution is 5.62. The van der Waals surface area contributed by atoms with Crippen LogP contribution < -0.4 is 15.0 Å². The largest absolute Gasteiger partial charge is 0.461 e. The summed E-state index contributed by atoms with van der Waals surface area (Å²) in [7, 11) is 0. The van der Waals surface area contributed by atoms with Crippen molar-refractivity contribution in [3.8, 4) is 6.01 Å². The molecule has 41 heavy (non-hydrogen) atoms. The van der Waals surface area contributed by atoms with Crippen molar-refractivity contribution in [2.75, 3.05) is 36.5 Å². The summed E-state index contributed by atoms with van der Waals surface area (Å²) in [6, 6.07) is 6.65. The van der Waals surface area contributed by atoms with Gasteiger partial charge in [-0.25, -0.2) is 4.98 Å². The van der Waals surface area contributed by atoms with E-state index in [0.29, 0.717) is 23.6 Å². The number of benzene rings is 1. The second kappa shape index (κ2) is 11.0. The average Bonchev–Trinajstić information content (AvgIpc) is 3.11. The smallest absolute Gasteiger partial charge is 0.419 e. The molecule has 2 aromatic heterocycles. The van der Waals surface area contributed by atoms with E-state index in [1.807, 2.05) is 0 Å². The lowest BCUT2D eigenvalue weighted by Gasteiger charge is -2.24. The fraction of sp³-hybridized carbons (Fsp3) is 0.444. The molecule has 1 atom stereocenters. The Labute approximate surface area is 231 Å². The van der Waals surface area contributed by atoms with Gasteiger partial charge in [0.2, 0.25) is 0 Å². The summed E-state index contributed by atoms with van der Waals surface area (Å²) < 4.78 is 97.3. The molecule has 0 saturated carbocycles. The third-order valence-corrected chi connectivity index (χ3v) is 6.65. The molecule has 0 unspecified atom stereocenters. The third kappa shape index (κ3) is 6.81. The Hall–Kier alpha value is -3.65. The first-order valence-electron chi connectivity index (χ1n) is 12.8. The van der Waals surface area contributed by atoms with Gasteiger partial charge in [0, 0.05) is 37.0 Å². The van der Waals surface area contributed by atoms with Crippen molar-refractivity contribution in [1.82, 2.24) is 15.0 Å². The summed E-state index contributed by atoms with van der Waals surface area (Å²) in [5.41, 5.74) is -0.150. The van der Waals surface area contributed by atoms with Gasteiger partial charge in [0.1, 0.15) is 24.3 Å². The van der Waals surface area contributed by atoms with Crippen molar-refractivity contribution in [2.24, 2.45) is 0 Å². The molecule has 1 saturated heterocycles. The Morgan fingerprint density at radius 3 is 2.39 bits per heavy atom. The van der Waals surface area contributed by atoms with Crippen LogP contribution >= 0.6 is 0 Å². The Morgan fingerprint density at radius 1 is 1.00 bits per heavy atom. The highest BCUT2D eigenvalue weighted by Crippen LogP contribution is 2.37. The van der Waals surface area contributed by atoms with Crippen molar-refractivity contribution < 1.29 is 40.6 Å². The van der Waals surface area contributed by atoms with Crippen molar-refractivity contribution in [3.05, 3.63) is 65.0 Å². The Balaban J connectivity index is 1.43. The maximum atomic E-state index is 13.7. The standard InChI is InChI=1S/C27H27F6N5O3/c1-25(2)40-15-18(41-25)14-39-24-36-21-10-13-38(23-20(27(31,32)33)4-3-11-34-23)12-9-19(21)22(37-24)35-17-7-5-16(6-8-17)26(28,29)30/h3-8,11,18H,9-10,12-15H2,1-2H3,(H,35,36,37)/t18-/m1/s1. The minimum Gasteiger partial charge on any atom is -0.461 e. The number of rotatable bonds is 6. The van der Waals surface area contributed by atoms with Crippen LogP contribution in [0.4, 0.5) is 43.7 Å². The molecule has 1 N–H and O–H groups in total. The minimum atomic E-state index is -4.58. The topological polar surface area (TPSA) is 81.6 Å². The maximum Gasteiger partial charge on any atom is 0.419 e. The number of nitrogens with zero attached hydrogens (tertiary/aromatic N) is 4. The zero-order chi connectivity index (χ0) is 29.4. The summed E-state index contributed by atoms with van der Waals surface area (Å²) in [5.74, 6) is -0.662. The second-order valence-electron chi connectivity index (χ2n) is 10.1. The molecule has 8 nitrogen and oxygen atoms in total. The number of hydrogen-bond acceptors (Lipinski definition) is 8. The lowest BCUT2D eigenvalue weighted by atomic mass is 10.1. The normalized spacial score (nSPS) is 19.0. The fourth-order valence-corrected chi connectivity index (χ4v) is 4.72. The first-order chi connectivity index (χ1) is 19.3. The van der Waals surface area contributed by atoms with E-state index in [2.05, 4.69) is 20.3 Å². The van der Waals surface area contributed by atoms with Gasteiger partial charge in [-0.15, -0.1) is 0 Å². The number of aromatic nitrogens is 3. The monoisotopic (exact) mass is 583 g/mol. The molecule has 3 aromatic rings. The summed E-state index contributed by atoms with van der Waals surface area (Å²) in [5, 5.41) is 3.04. The van der Waals surface area contributed by atoms with Gasteiger partial charge in [-0.3, -0.25) is 0 Å². The predicted molar refractivity (Wildman–Crippen MR) is 136 cm³/mol. The van der Waals surface area contributed by atoms with Gasteiger partial charge in [-0.05, 0) is 56.7 Å². The molecule has 5 rings (SSSR count). The van der Waals surface area contributed by atoms with Gasteiger partial charge >= 0.3 is 18.4 Å². The zero-order valence-electron chi connectivity index (χ0n) is 22.1. The van der Waals surface area contributed by atoms with Crippen LogP contribution in [0, 0.1) is 0 Å². The summed E-state index contributed by atoms with van der Waals surface area (Å²) in [6.07, 6.45) is -7.64. The van der Waals surface area contributed by atoms with E-state index >= 15 is 0 Å². The maximum absolute atomic E-state index is 13.7. The number of anilines is 3. The summed E-state index contributed by atoms with van der Waals surface area (Å²) >= 11 is 0. The van der Waals surface area contributed by atoms with Gasteiger partial charge in [0.15, 0.2) is 5.79 Å². The number of alkyl halides is 6. The Bertz CT molecular complexity index is 1380. The molecule has 14 heteroatoms. The first-order valence-corrected chi connectivity index (χ1v) is 12.8. The van der Waals surface area contributed by atoms with E-state index in [9.17, 15) is 26.3 Å². The molecule has 1 aromatic carbocycles. The third-order valence-electron chi connectivity index (χ3n) is 6.65. The van der Waals surface area contributed by atoms with E-state index in [-0.39, 0.29) is 56.3 Å². The van der Waals surface area contributed by atoms with Crippen LogP contribution in [0.1, 0.15) is 36.2 Å². The lowest BCUT2D eigenvalue weighted by Crippen LogP contribution is -2.29. The average molecular weight is 584 g/mol. The molecule has 0 spiro atoms. The van der Waals surface area contributed by atoms with Crippen LogP contribution in [0.25, 0.3) is 0 Å². The molecule has 0 aliphatic carbocycles. The Morgan fingerprint density at radius 2 is 1.73 bits per heavy atom. The highest BCUT2D eigenvalue weighted by atomic mass is 19.4. The molecule has 220 valence electrons. The van der Waals surface area contributed by atoms with Gasteiger partial charge in [0.25, 0.3) is 0 Å². The van der Waals surface area contributed by atoms with E-state index < -0.39 is 29.3 Å². The number of nitrogens with one attached hydrogen (secondary N) is 1. The number of ether oxygens (including phenoxy) is 3. The molecule has 0 radical (unpaired) electrons. The highest BCUT2D eigenvalue weighted by Gasteiger charge is 2.37. The van der Waals surface area contributed by atoms with Crippen LogP contribution in [-0.4, -0.2) is 53.1 Å². The summed E-state index contributed by atoms with van der Waals surface area (Å²) in [6.45, 7) is 4.30. The van der Waals surface area contributed by atoms with Gasteiger partial charge in [-0.1, -0.05) is 0 Å². The van der Waals surface area contributed by atoms with Crippen LogP contribution in [0.5, 0.6) is 6.01 Å². The van der Waals surface area contributed by atoms with Crippen LogP contribution in [0.2, 0.25) is 0 Å².